The molecule has 0 radical (unpaired) electrons. The van der Waals surface area contributed by atoms with Crippen LogP contribution in [0.3, 0.4) is 0 Å². The first-order chi connectivity index (χ1) is 27.4. The molecule has 0 bridgehead atoms. The molecule has 4 amide bonds. The molecule has 0 unspecified atom stereocenters. The lowest BCUT2D eigenvalue weighted by Crippen LogP contribution is -2.41. The number of unbranched alkanes of at least 4 members (excludes halogenated alkanes) is 4. The van der Waals surface area contributed by atoms with E-state index in [0.29, 0.717) is 35.1 Å². The third kappa shape index (κ3) is 12.0. The van der Waals surface area contributed by atoms with E-state index in [2.05, 4.69) is 35.6 Å². The highest BCUT2D eigenvalue weighted by atomic mass is 16.3. The van der Waals surface area contributed by atoms with Crippen LogP contribution in [0.15, 0.2) is 60.7 Å². The van der Waals surface area contributed by atoms with Crippen molar-refractivity contribution in [2.24, 2.45) is 0 Å². The zero-order chi connectivity index (χ0) is 41.5. The molecule has 0 fully saturated rings. The molecule has 0 heterocycles. The summed E-state index contributed by atoms with van der Waals surface area (Å²) in [5.41, 5.74) is 13.5. The summed E-state index contributed by atoms with van der Waals surface area (Å²) in [7, 11) is 0. The summed E-state index contributed by atoms with van der Waals surface area (Å²) in [4.78, 5) is 52.8. The van der Waals surface area contributed by atoms with Crippen LogP contribution in [0.1, 0.15) is 154 Å². The SMILES string of the molecule is CCCCc1cc(CCCC)c(O)c(C(=O)NNC(=O)c2cc(Cc3ccc(O)c(C(=O)NNC(=O)c4cc(CCCC)cc(CCCC)c4O)c3)ccc2O)c1. The maximum atomic E-state index is 13.2. The van der Waals surface area contributed by atoms with Gasteiger partial charge in [0.1, 0.15) is 23.0 Å². The van der Waals surface area contributed by atoms with Gasteiger partial charge in [0.2, 0.25) is 0 Å². The van der Waals surface area contributed by atoms with Gasteiger partial charge in [-0.3, -0.25) is 40.9 Å². The molecule has 0 aliphatic carbocycles. The molecule has 57 heavy (non-hydrogen) atoms. The Hall–Kier alpha value is -6.04. The fraction of sp³-hybridized carbons (Fsp3) is 0.378. The maximum absolute atomic E-state index is 13.2. The molecule has 12 heteroatoms. The highest BCUT2D eigenvalue weighted by Gasteiger charge is 2.21. The summed E-state index contributed by atoms with van der Waals surface area (Å²) < 4.78 is 0. The van der Waals surface area contributed by atoms with E-state index in [1.165, 1.54) is 24.3 Å². The predicted molar refractivity (Wildman–Crippen MR) is 220 cm³/mol. The van der Waals surface area contributed by atoms with E-state index >= 15 is 0 Å². The summed E-state index contributed by atoms with van der Waals surface area (Å²) in [5.74, 6) is -3.93. The smallest absolute Gasteiger partial charge is 0.273 e. The van der Waals surface area contributed by atoms with Crippen molar-refractivity contribution in [2.75, 3.05) is 0 Å². The number of amides is 4. The summed E-state index contributed by atoms with van der Waals surface area (Å²) in [5, 5.41) is 42.9. The fourth-order valence-electron chi connectivity index (χ4n) is 6.52. The quantitative estimate of drug-likeness (QED) is 0.0472. The van der Waals surface area contributed by atoms with Gasteiger partial charge in [-0.05, 0) is 128 Å². The monoisotopic (exact) mass is 780 g/mol. The van der Waals surface area contributed by atoms with Gasteiger partial charge in [-0.2, -0.15) is 0 Å². The Bertz CT molecular complexity index is 1920. The molecule has 0 aliphatic rings. The van der Waals surface area contributed by atoms with Crippen LogP contribution >= 0.6 is 0 Å². The molecule has 304 valence electrons. The standard InChI is InChI=1S/C45H56N4O8/c1-5-9-13-28-22-32(15-11-7-3)40(52)36(26-28)44(56)48-46-42(54)34-24-30(17-19-38(34)50)21-31-18-20-39(51)35(25-31)43(55)47-49-45(57)37-27-29(14-10-6-2)23-33(41(37)53)16-12-8-4/h17-20,22-27,50-53H,5-16,21H2,1-4H3,(H,46,54)(H,47,55)(H,48,56)(H,49,57). The summed E-state index contributed by atoms with van der Waals surface area (Å²) in [6.07, 6.45) is 10.2. The van der Waals surface area contributed by atoms with Gasteiger partial charge in [0.25, 0.3) is 23.6 Å². The molecular formula is C45H56N4O8. The molecule has 0 atom stereocenters. The first-order valence-corrected chi connectivity index (χ1v) is 19.9. The van der Waals surface area contributed by atoms with Gasteiger partial charge < -0.3 is 20.4 Å². The first-order valence-electron chi connectivity index (χ1n) is 19.9. The summed E-state index contributed by atoms with van der Waals surface area (Å²) in [6, 6.07) is 15.8. The molecule has 0 saturated carbocycles. The van der Waals surface area contributed by atoms with Crippen molar-refractivity contribution in [1.29, 1.82) is 0 Å². The number of carbonyl (C=O) groups excluding carboxylic acids is 4. The van der Waals surface area contributed by atoms with E-state index in [4.69, 9.17) is 0 Å². The van der Waals surface area contributed by atoms with E-state index in [-0.39, 0.29) is 51.7 Å². The average molecular weight is 781 g/mol. The van der Waals surface area contributed by atoms with E-state index in [1.807, 2.05) is 26.0 Å². The second-order valence-corrected chi connectivity index (χ2v) is 14.4. The fourth-order valence-corrected chi connectivity index (χ4v) is 6.52. The van der Waals surface area contributed by atoms with E-state index in [0.717, 1.165) is 75.3 Å². The molecule has 12 nitrogen and oxygen atoms in total. The molecule has 0 spiro atoms. The normalized spacial score (nSPS) is 10.9. The van der Waals surface area contributed by atoms with Crippen LogP contribution in [0.25, 0.3) is 0 Å². The van der Waals surface area contributed by atoms with E-state index in [9.17, 15) is 39.6 Å². The first kappa shape index (κ1) is 43.7. The van der Waals surface area contributed by atoms with Crippen LogP contribution in [0.5, 0.6) is 23.0 Å². The Kier molecular flexibility index (Phi) is 16.3. The number of phenolic OH excluding ortho intramolecular Hbond substituents is 4. The Morgan fingerprint density at radius 1 is 0.421 bits per heavy atom. The van der Waals surface area contributed by atoms with Gasteiger partial charge in [0.15, 0.2) is 0 Å². The number of aromatic hydroxyl groups is 4. The lowest BCUT2D eigenvalue weighted by atomic mass is 9.97. The number of hydrazine groups is 2. The van der Waals surface area contributed by atoms with Crippen LogP contribution < -0.4 is 21.7 Å². The van der Waals surface area contributed by atoms with Gasteiger partial charge in [-0.1, -0.05) is 77.6 Å². The lowest BCUT2D eigenvalue weighted by Gasteiger charge is -2.15. The minimum Gasteiger partial charge on any atom is -0.507 e. The van der Waals surface area contributed by atoms with Crippen LogP contribution in [-0.4, -0.2) is 44.1 Å². The van der Waals surface area contributed by atoms with Crippen molar-refractivity contribution in [3.63, 3.8) is 0 Å². The largest absolute Gasteiger partial charge is 0.507 e. The molecule has 0 aliphatic heterocycles. The van der Waals surface area contributed by atoms with Crippen LogP contribution in [0.2, 0.25) is 0 Å². The van der Waals surface area contributed by atoms with Crippen LogP contribution in [0, 0.1) is 0 Å². The lowest BCUT2D eigenvalue weighted by molar-refractivity contribution is 0.0843. The highest BCUT2D eigenvalue weighted by Crippen LogP contribution is 2.29. The Morgan fingerprint density at radius 2 is 0.737 bits per heavy atom. The second-order valence-electron chi connectivity index (χ2n) is 14.4. The minimum atomic E-state index is -0.795. The van der Waals surface area contributed by atoms with Crippen molar-refractivity contribution in [3.05, 3.63) is 116 Å². The number of carbonyl (C=O) groups is 4. The number of hydrogen-bond acceptors (Lipinski definition) is 8. The number of benzene rings is 4. The topological polar surface area (TPSA) is 197 Å². The molecule has 8 N–H and O–H groups in total. The van der Waals surface area contributed by atoms with Crippen molar-refractivity contribution in [3.8, 4) is 23.0 Å². The van der Waals surface area contributed by atoms with E-state index in [1.54, 1.807) is 24.3 Å². The predicted octanol–water partition coefficient (Wildman–Crippen LogP) is 7.62. The zero-order valence-electron chi connectivity index (χ0n) is 33.4. The molecule has 4 aromatic carbocycles. The minimum absolute atomic E-state index is 0.0472. The number of hydrogen-bond donors (Lipinski definition) is 8. The number of nitrogens with one attached hydrogen (secondary N) is 4. The van der Waals surface area contributed by atoms with Gasteiger partial charge in [-0.25, -0.2) is 0 Å². The molecular weight excluding hydrogens is 725 g/mol. The molecule has 4 aromatic rings. The highest BCUT2D eigenvalue weighted by molar-refractivity contribution is 6.03. The van der Waals surface area contributed by atoms with Crippen LogP contribution in [0.4, 0.5) is 0 Å². The molecule has 0 saturated heterocycles. The van der Waals surface area contributed by atoms with Crippen molar-refractivity contribution < 1.29 is 39.6 Å². The van der Waals surface area contributed by atoms with Gasteiger partial charge in [0, 0.05) is 0 Å². The van der Waals surface area contributed by atoms with Gasteiger partial charge >= 0.3 is 0 Å². The van der Waals surface area contributed by atoms with Gasteiger partial charge in [0.05, 0.1) is 22.3 Å². The van der Waals surface area contributed by atoms with Crippen molar-refractivity contribution >= 4 is 23.6 Å². The zero-order valence-corrected chi connectivity index (χ0v) is 33.4. The third-order valence-corrected chi connectivity index (χ3v) is 9.82. The number of aryl methyl sites for hydroxylation is 4. The maximum Gasteiger partial charge on any atom is 0.273 e. The number of rotatable bonds is 18. The molecule has 0 aromatic heterocycles. The van der Waals surface area contributed by atoms with E-state index < -0.39 is 23.6 Å². The third-order valence-electron chi connectivity index (χ3n) is 9.82. The van der Waals surface area contributed by atoms with Gasteiger partial charge in [-0.15, -0.1) is 0 Å². The summed E-state index contributed by atoms with van der Waals surface area (Å²) >= 11 is 0. The van der Waals surface area contributed by atoms with Crippen molar-refractivity contribution in [2.45, 2.75) is 111 Å². The Balaban J connectivity index is 1.44. The second kappa shape index (κ2) is 21.3. The van der Waals surface area contributed by atoms with Crippen molar-refractivity contribution in [1.82, 2.24) is 21.7 Å². The summed E-state index contributed by atoms with van der Waals surface area (Å²) in [6.45, 7) is 8.23. The molecule has 4 rings (SSSR count). The number of phenols is 4. The Labute approximate surface area is 334 Å². The van der Waals surface area contributed by atoms with Crippen LogP contribution in [-0.2, 0) is 32.1 Å². The Morgan fingerprint density at radius 3 is 1.09 bits per heavy atom. The average Bonchev–Trinajstić information content (AvgIpc) is 3.21.